The van der Waals surface area contributed by atoms with Gasteiger partial charge >= 0.3 is 0 Å². The van der Waals surface area contributed by atoms with Gasteiger partial charge in [-0.1, -0.05) is 18.5 Å². The number of hydrogen-bond acceptors (Lipinski definition) is 2. The minimum Gasteiger partial charge on any atom is -0.309 e. The van der Waals surface area contributed by atoms with Crippen molar-refractivity contribution in [3.05, 3.63) is 28.8 Å². The lowest BCUT2D eigenvalue weighted by atomic mass is 10.1. The van der Waals surface area contributed by atoms with Crippen molar-refractivity contribution < 1.29 is 4.21 Å². The molecule has 0 radical (unpaired) electrons. The highest BCUT2D eigenvalue weighted by Gasteiger charge is 2.27. The standard InChI is InChI=1S/C10H12ClNOS/c1-2-12-9-6-14(13)10-4-3-7(11)5-8(9)10/h3-5,9,12H,2,6H2,1H3. The number of rotatable bonds is 2. The molecule has 0 aliphatic carbocycles. The maximum Gasteiger partial charge on any atom is 0.0552 e. The van der Waals surface area contributed by atoms with E-state index in [0.29, 0.717) is 10.8 Å². The van der Waals surface area contributed by atoms with Crippen molar-refractivity contribution in [1.29, 1.82) is 0 Å². The molecule has 1 aliphatic rings. The van der Waals surface area contributed by atoms with E-state index in [9.17, 15) is 4.21 Å². The maximum absolute atomic E-state index is 11.7. The van der Waals surface area contributed by atoms with Gasteiger partial charge in [-0.2, -0.15) is 0 Å². The van der Waals surface area contributed by atoms with Crippen molar-refractivity contribution in [3.8, 4) is 0 Å². The first-order valence-electron chi connectivity index (χ1n) is 4.63. The highest BCUT2D eigenvalue weighted by atomic mass is 35.5. The van der Waals surface area contributed by atoms with Gasteiger partial charge in [0.05, 0.1) is 10.8 Å². The van der Waals surface area contributed by atoms with E-state index in [2.05, 4.69) is 5.32 Å². The number of fused-ring (bicyclic) bond motifs is 1. The Labute approximate surface area is 91.1 Å². The SMILES string of the molecule is CCNC1CS(=O)c2ccc(Cl)cc21. The molecule has 0 saturated carbocycles. The first-order valence-corrected chi connectivity index (χ1v) is 6.33. The third kappa shape index (κ3) is 1.72. The number of benzene rings is 1. The predicted molar refractivity (Wildman–Crippen MR) is 59.1 cm³/mol. The van der Waals surface area contributed by atoms with E-state index in [1.807, 2.05) is 19.1 Å². The van der Waals surface area contributed by atoms with Crippen molar-refractivity contribution >= 4 is 22.4 Å². The van der Waals surface area contributed by atoms with Crippen LogP contribution in [-0.2, 0) is 10.8 Å². The second-order valence-electron chi connectivity index (χ2n) is 3.30. The largest absolute Gasteiger partial charge is 0.309 e. The van der Waals surface area contributed by atoms with Gasteiger partial charge in [0, 0.05) is 21.7 Å². The molecule has 2 nitrogen and oxygen atoms in total. The summed E-state index contributed by atoms with van der Waals surface area (Å²) in [7, 11) is -0.859. The van der Waals surface area contributed by atoms with Crippen molar-refractivity contribution in [3.63, 3.8) is 0 Å². The van der Waals surface area contributed by atoms with E-state index in [4.69, 9.17) is 11.6 Å². The molecule has 76 valence electrons. The maximum atomic E-state index is 11.7. The Kier molecular flexibility index (Phi) is 2.91. The summed E-state index contributed by atoms with van der Waals surface area (Å²) >= 11 is 5.91. The summed E-state index contributed by atoms with van der Waals surface area (Å²) in [5.74, 6) is 0.670. The molecular weight excluding hydrogens is 218 g/mol. The molecule has 1 N–H and O–H groups in total. The van der Waals surface area contributed by atoms with Gasteiger partial charge in [-0.25, -0.2) is 0 Å². The normalized spacial score (nSPS) is 25.0. The van der Waals surface area contributed by atoms with E-state index in [1.165, 1.54) is 0 Å². The summed E-state index contributed by atoms with van der Waals surface area (Å²) in [5.41, 5.74) is 1.10. The fourth-order valence-corrected chi connectivity index (χ4v) is 3.39. The van der Waals surface area contributed by atoms with Crippen LogP contribution in [0.4, 0.5) is 0 Å². The van der Waals surface area contributed by atoms with Crippen LogP contribution in [-0.4, -0.2) is 16.5 Å². The van der Waals surface area contributed by atoms with Gasteiger partial charge in [-0.15, -0.1) is 0 Å². The number of hydrogen-bond donors (Lipinski definition) is 1. The van der Waals surface area contributed by atoms with Crippen LogP contribution in [0, 0.1) is 0 Å². The highest BCUT2D eigenvalue weighted by Crippen LogP contribution is 2.32. The third-order valence-corrected chi connectivity index (χ3v) is 4.09. The quantitative estimate of drug-likeness (QED) is 0.842. The first-order chi connectivity index (χ1) is 6.72. The van der Waals surface area contributed by atoms with E-state index in [0.717, 1.165) is 17.0 Å². The topological polar surface area (TPSA) is 29.1 Å². The van der Waals surface area contributed by atoms with Crippen LogP contribution >= 0.6 is 11.6 Å². The lowest BCUT2D eigenvalue weighted by molar-refractivity contribution is 0.604. The van der Waals surface area contributed by atoms with Gasteiger partial charge in [0.25, 0.3) is 0 Å². The zero-order chi connectivity index (χ0) is 10.1. The van der Waals surface area contributed by atoms with Gasteiger partial charge in [-0.05, 0) is 30.3 Å². The molecule has 2 atom stereocenters. The molecule has 1 aromatic carbocycles. The fourth-order valence-electron chi connectivity index (χ4n) is 1.75. The molecule has 0 fully saturated rings. The molecule has 4 heteroatoms. The van der Waals surface area contributed by atoms with Crippen molar-refractivity contribution in [1.82, 2.24) is 5.32 Å². The first kappa shape index (κ1) is 10.1. The van der Waals surface area contributed by atoms with Gasteiger partial charge in [0.1, 0.15) is 0 Å². The zero-order valence-corrected chi connectivity index (χ0v) is 9.49. The molecule has 0 bridgehead atoms. The predicted octanol–water partition coefficient (Wildman–Crippen LogP) is 2.11. The number of halogens is 1. The van der Waals surface area contributed by atoms with Crippen LogP contribution in [0.15, 0.2) is 23.1 Å². The lowest BCUT2D eigenvalue weighted by Crippen LogP contribution is -2.21. The molecule has 2 unspecified atom stereocenters. The van der Waals surface area contributed by atoms with Gasteiger partial charge < -0.3 is 5.32 Å². The second kappa shape index (κ2) is 4.01. The van der Waals surface area contributed by atoms with Crippen LogP contribution in [0.25, 0.3) is 0 Å². The monoisotopic (exact) mass is 229 g/mol. The molecule has 0 saturated heterocycles. The summed E-state index contributed by atoms with van der Waals surface area (Å²) in [6.45, 7) is 2.93. The van der Waals surface area contributed by atoms with Crippen LogP contribution in [0.2, 0.25) is 5.02 Å². The van der Waals surface area contributed by atoms with Crippen LogP contribution < -0.4 is 5.32 Å². The molecule has 1 aliphatic heterocycles. The van der Waals surface area contributed by atoms with E-state index in [-0.39, 0.29) is 6.04 Å². The Morgan fingerprint density at radius 3 is 3.14 bits per heavy atom. The molecular formula is C10H12ClNOS. The zero-order valence-electron chi connectivity index (χ0n) is 7.92. The van der Waals surface area contributed by atoms with E-state index in [1.54, 1.807) is 6.07 Å². The summed E-state index contributed by atoms with van der Waals surface area (Å²) in [5, 5.41) is 4.02. The minimum absolute atomic E-state index is 0.203. The molecule has 0 spiro atoms. The molecule has 0 amide bonds. The fraction of sp³-hybridized carbons (Fsp3) is 0.400. The summed E-state index contributed by atoms with van der Waals surface area (Å²) in [6.07, 6.45) is 0. The van der Waals surface area contributed by atoms with E-state index >= 15 is 0 Å². The Bertz CT molecular complexity index is 380. The van der Waals surface area contributed by atoms with Crippen LogP contribution in [0.1, 0.15) is 18.5 Å². The molecule has 1 heterocycles. The Balaban J connectivity index is 2.40. The smallest absolute Gasteiger partial charge is 0.0552 e. The molecule has 1 aromatic rings. The van der Waals surface area contributed by atoms with Crippen LogP contribution in [0.3, 0.4) is 0 Å². The van der Waals surface area contributed by atoms with Crippen LogP contribution in [0.5, 0.6) is 0 Å². The molecule has 0 aromatic heterocycles. The lowest BCUT2D eigenvalue weighted by Gasteiger charge is -2.10. The highest BCUT2D eigenvalue weighted by molar-refractivity contribution is 7.85. The minimum atomic E-state index is -0.859. The second-order valence-corrected chi connectivity index (χ2v) is 5.21. The third-order valence-electron chi connectivity index (χ3n) is 2.36. The molecule has 2 rings (SSSR count). The Morgan fingerprint density at radius 1 is 1.64 bits per heavy atom. The van der Waals surface area contributed by atoms with E-state index < -0.39 is 10.8 Å². The van der Waals surface area contributed by atoms with Crippen molar-refractivity contribution in [2.45, 2.75) is 17.9 Å². The molecule has 14 heavy (non-hydrogen) atoms. The summed E-state index contributed by atoms with van der Waals surface area (Å²) in [6, 6.07) is 5.78. The average Bonchev–Trinajstić information content (AvgIpc) is 2.44. The average molecular weight is 230 g/mol. The Hall–Kier alpha value is -0.380. The van der Waals surface area contributed by atoms with Crippen molar-refractivity contribution in [2.24, 2.45) is 0 Å². The van der Waals surface area contributed by atoms with Gasteiger partial charge in [-0.3, -0.25) is 4.21 Å². The van der Waals surface area contributed by atoms with Gasteiger partial charge in [0.2, 0.25) is 0 Å². The number of nitrogens with one attached hydrogen (secondary N) is 1. The Morgan fingerprint density at radius 2 is 2.43 bits per heavy atom. The summed E-state index contributed by atoms with van der Waals surface area (Å²) in [4.78, 5) is 0.931. The van der Waals surface area contributed by atoms with Crippen molar-refractivity contribution in [2.75, 3.05) is 12.3 Å². The summed E-state index contributed by atoms with van der Waals surface area (Å²) < 4.78 is 11.7. The van der Waals surface area contributed by atoms with Gasteiger partial charge in [0.15, 0.2) is 0 Å².